The van der Waals surface area contributed by atoms with Gasteiger partial charge in [0.2, 0.25) is 11.1 Å². The van der Waals surface area contributed by atoms with E-state index in [0.717, 1.165) is 12.8 Å². The zero-order valence-corrected chi connectivity index (χ0v) is 11.4. The molecule has 1 heterocycles. The van der Waals surface area contributed by atoms with Crippen molar-refractivity contribution < 1.29 is 14.3 Å². The lowest BCUT2D eigenvalue weighted by Gasteiger charge is -2.04. The van der Waals surface area contributed by atoms with Gasteiger partial charge >= 0.3 is 5.97 Å². The monoisotopic (exact) mass is 285 g/mol. The van der Waals surface area contributed by atoms with Gasteiger partial charge in [0.05, 0.1) is 25.3 Å². The molecule has 1 aliphatic carbocycles. The Morgan fingerprint density at radius 1 is 1.53 bits per heavy atom. The second-order valence-electron chi connectivity index (χ2n) is 4.10. The maximum atomic E-state index is 11.5. The van der Waals surface area contributed by atoms with Crippen molar-refractivity contribution in [2.75, 3.05) is 19.4 Å². The van der Waals surface area contributed by atoms with Crippen molar-refractivity contribution in [3.63, 3.8) is 0 Å². The van der Waals surface area contributed by atoms with Crippen LogP contribution in [-0.4, -0.2) is 51.5 Å². The Hall–Kier alpha value is -1.64. The van der Waals surface area contributed by atoms with Crippen molar-refractivity contribution in [1.82, 2.24) is 25.5 Å². The van der Waals surface area contributed by atoms with Gasteiger partial charge in [-0.3, -0.25) is 9.59 Å². The molecule has 0 aliphatic heterocycles. The smallest absolute Gasteiger partial charge is 0.307 e. The number of esters is 1. The molecule has 0 unspecified atom stereocenters. The summed E-state index contributed by atoms with van der Waals surface area (Å²) in [6.07, 6.45) is 2.35. The number of carbonyl (C=O) groups excluding carboxylic acids is 2. The number of methoxy groups -OCH3 is 1. The van der Waals surface area contributed by atoms with Crippen LogP contribution in [0.5, 0.6) is 0 Å². The predicted octanol–water partition coefficient (Wildman–Crippen LogP) is -0.221. The van der Waals surface area contributed by atoms with Crippen molar-refractivity contribution in [2.24, 2.45) is 0 Å². The molecule has 8 nitrogen and oxygen atoms in total. The van der Waals surface area contributed by atoms with Crippen molar-refractivity contribution in [3.05, 3.63) is 0 Å². The zero-order valence-electron chi connectivity index (χ0n) is 10.5. The van der Waals surface area contributed by atoms with E-state index >= 15 is 0 Å². The first-order chi connectivity index (χ1) is 9.20. The van der Waals surface area contributed by atoms with Gasteiger partial charge in [-0.05, 0) is 23.3 Å². The molecule has 1 N–H and O–H groups in total. The molecule has 2 rings (SSSR count). The molecule has 1 fully saturated rings. The quantitative estimate of drug-likeness (QED) is 0.546. The number of tetrazole rings is 1. The number of ether oxygens (including phenoxy) is 1. The maximum absolute atomic E-state index is 11.5. The van der Waals surface area contributed by atoms with Gasteiger partial charge < -0.3 is 10.1 Å². The number of nitrogens with one attached hydrogen (secondary N) is 1. The van der Waals surface area contributed by atoms with Crippen LogP contribution < -0.4 is 5.32 Å². The average molecular weight is 285 g/mol. The van der Waals surface area contributed by atoms with Crippen molar-refractivity contribution in [2.45, 2.75) is 30.5 Å². The van der Waals surface area contributed by atoms with E-state index in [1.165, 1.54) is 18.9 Å². The molecule has 104 valence electrons. The number of carbonyl (C=O) groups is 2. The summed E-state index contributed by atoms with van der Waals surface area (Å²) in [4.78, 5) is 22.4. The Bertz CT molecular complexity index is 460. The molecule has 1 aromatic heterocycles. The Morgan fingerprint density at radius 3 is 3.00 bits per heavy atom. The Balaban J connectivity index is 1.68. The molecule has 9 heteroatoms. The third-order valence-corrected chi connectivity index (χ3v) is 3.50. The molecule has 1 amide bonds. The molecule has 0 aromatic carbocycles. The number of nitrogens with zero attached hydrogens (tertiary/aromatic N) is 4. The molecule has 0 radical (unpaired) electrons. The first kappa shape index (κ1) is 13.8. The molecular formula is C10H15N5O3S. The molecule has 0 bridgehead atoms. The van der Waals surface area contributed by atoms with Crippen LogP contribution in [0.25, 0.3) is 0 Å². The highest BCUT2D eigenvalue weighted by atomic mass is 32.2. The first-order valence-electron chi connectivity index (χ1n) is 5.95. The highest BCUT2D eigenvalue weighted by Gasteiger charge is 2.28. The van der Waals surface area contributed by atoms with E-state index in [0.29, 0.717) is 11.2 Å². The van der Waals surface area contributed by atoms with Gasteiger partial charge in [-0.15, -0.1) is 5.10 Å². The van der Waals surface area contributed by atoms with E-state index in [1.807, 2.05) is 0 Å². The van der Waals surface area contributed by atoms with E-state index in [-0.39, 0.29) is 30.6 Å². The van der Waals surface area contributed by atoms with E-state index < -0.39 is 0 Å². The highest BCUT2D eigenvalue weighted by molar-refractivity contribution is 7.99. The fraction of sp³-hybridized carbons (Fsp3) is 0.700. The van der Waals surface area contributed by atoms with Gasteiger partial charge in [-0.25, -0.2) is 4.68 Å². The number of aromatic nitrogens is 4. The minimum absolute atomic E-state index is 0.153. The second kappa shape index (κ2) is 6.50. The number of hydrogen-bond acceptors (Lipinski definition) is 7. The van der Waals surface area contributed by atoms with Gasteiger partial charge in [0, 0.05) is 6.54 Å². The van der Waals surface area contributed by atoms with Crippen LogP contribution in [0.15, 0.2) is 5.16 Å². The summed E-state index contributed by atoms with van der Waals surface area (Å²) in [7, 11) is 1.32. The van der Waals surface area contributed by atoms with Crippen molar-refractivity contribution in [1.29, 1.82) is 0 Å². The lowest BCUT2D eigenvalue weighted by Crippen LogP contribution is -2.28. The normalized spacial score (nSPS) is 14.2. The Kier molecular flexibility index (Phi) is 4.72. The summed E-state index contributed by atoms with van der Waals surface area (Å²) in [6, 6.07) is 0.389. The van der Waals surface area contributed by atoms with E-state index in [4.69, 9.17) is 0 Å². The summed E-state index contributed by atoms with van der Waals surface area (Å²) in [5, 5.41) is 14.7. The van der Waals surface area contributed by atoms with Gasteiger partial charge in [-0.2, -0.15) is 0 Å². The highest BCUT2D eigenvalue weighted by Crippen LogP contribution is 2.36. The lowest BCUT2D eigenvalue weighted by atomic mass is 10.4. The van der Waals surface area contributed by atoms with Gasteiger partial charge in [0.25, 0.3) is 0 Å². The van der Waals surface area contributed by atoms with E-state index in [9.17, 15) is 9.59 Å². The minimum Gasteiger partial charge on any atom is -0.469 e. The number of rotatable bonds is 7. The summed E-state index contributed by atoms with van der Waals surface area (Å²) >= 11 is 1.29. The van der Waals surface area contributed by atoms with Crippen LogP contribution in [-0.2, 0) is 14.3 Å². The van der Waals surface area contributed by atoms with Crippen LogP contribution in [0.4, 0.5) is 0 Å². The van der Waals surface area contributed by atoms with Crippen molar-refractivity contribution >= 4 is 23.6 Å². The van der Waals surface area contributed by atoms with Gasteiger partial charge in [-0.1, -0.05) is 11.8 Å². The average Bonchev–Trinajstić information content (AvgIpc) is 3.15. The molecule has 0 saturated heterocycles. The molecule has 1 aromatic rings. The lowest BCUT2D eigenvalue weighted by molar-refractivity contribution is -0.140. The molecule has 1 aliphatic rings. The molecular weight excluding hydrogens is 270 g/mol. The van der Waals surface area contributed by atoms with Crippen LogP contribution in [0.1, 0.15) is 25.3 Å². The van der Waals surface area contributed by atoms with Gasteiger partial charge in [0.1, 0.15) is 0 Å². The summed E-state index contributed by atoms with van der Waals surface area (Å²) in [5.74, 6) is -0.265. The van der Waals surface area contributed by atoms with Crippen LogP contribution in [0.3, 0.4) is 0 Å². The topological polar surface area (TPSA) is 99.0 Å². The standard InChI is InChI=1S/C10H15N5O3S/c1-18-9(17)4-5-11-8(16)6-19-10-12-13-14-15(10)7-2-3-7/h7H,2-6H2,1H3,(H,11,16). The minimum atomic E-state index is -0.342. The number of hydrogen-bond donors (Lipinski definition) is 1. The third-order valence-electron chi connectivity index (χ3n) is 2.57. The van der Waals surface area contributed by atoms with Gasteiger partial charge in [0.15, 0.2) is 0 Å². The number of amides is 1. The van der Waals surface area contributed by atoms with Crippen LogP contribution in [0.2, 0.25) is 0 Å². The Labute approximate surface area is 114 Å². The summed E-state index contributed by atoms with van der Waals surface area (Å²) in [6.45, 7) is 0.277. The van der Waals surface area contributed by atoms with Crippen molar-refractivity contribution in [3.8, 4) is 0 Å². The third kappa shape index (κ3) is 4.19. The molecule has 0 atom stereocenters. The molecule has 1 saturated carbocycles. The van der Waals surface area contributed by atoms with Crippen LogP contribution in [0, 0.1) is 0 Å². The molecule has 19 heavy (non-hydrogen) atoms. The zero-order chi connectivity index (χ0) is 13.7. The second-order valence-corrected chi connectivity index (χ2v) is 5.04. The van der Waals surface area contributed by atoms with E-state index in [1.54, 1.807) is 4.68 Å². The largest absolute Gasteiger partial charge is 0.469 e. The predicted molar refractivity (Wildman–Crippen MR) is 66.5 cm³/mol. The molecule has 0 spiro atoms. The first-order valence-corrected chi connectivity index (χ1v) is 6.93. The Morgan fingerprint density at radius 2 is 2.32 bits per heavy atom. The maximum Gasteiger partial charge on any atom is 0.307 e. The number of thioether (sulfide) groups is 1. The van der Waals surface area contributed by atoms with Crippen LogP contribution >= 0.6 is 11.8 Å². The fourth-order valence-corrected chi connectivity index (χ4v) is 2.19. The SMILES string of the molecule is COC(=O)CCNC(=O)CSc1nnnn1C1CC1. The summed E-state index contributed by atoms with van der Waals surface area (Å²) in [5.41, 5.74) is 0. The fourth-order valence-electron chi connectivity index (χ4n) is 1.42. The summed E-state index contributed by atoms with van der Waals surface area (Å²) < 4.78 is 6.23. The van der Waals surface area contributed by atoms with E-state index in [2.05, 4.69) is 25.6 Å².